The second-order valence-corrected chi connectivity index (χ2v) is 4.82. The molecule has 1 atom stereocenters. The van der Waals surface area contributed by atoms with E-state index in [0.717, 1.165) is 23.3 Å². The van der Waals surface area contributed by atoms with Crippen LogP contribution in [0.1, 0.15) is 24.0 Å². The molecule has 0 fully saturated rings. The summed E-state index contributed by atoms with van der Waals surface area (Å²) in [5, 5.41) is 0. The lowest BCUT2D eigenvalue weighted by atomic mass is 9.97. The summed E-state index contributed by atoms with van der Waals surface area (Å²) in [7, 11) is 0. The van der Waals surface area contributed by atoms with Gasteiger partial charge in [-0.25, -0.2) is 0 Å². The first kappa shape index (κ1) is 15.1. The van der Waals surface area contributed by atoms with Gasteiger partial charge < -0.3 is 5.73 Å². The molecule has 0 saturated carbocycles. The van der Waals surface area contributed by atoms with Crippen LogP contribution in [0.2, 0.25) is 0 Å². The largest absolute Gasteiger partial charge is 0.416 e. The van der Waals surface area contributed by atoms with Crippen LogP contribution in [-0.2, 0) is 11.0 Å². The third kappa shape index (κ3) is 3.42. The van der Waals surface area contributed by atoms with Crippen molar-refractivity contribution >= 4 is 5.91 Å². The molecule has 5 heteroatoms. The number of rotatable bonds is 3. The first-order chi connectivity index (χ1) is 9.79. The van der Waals surface area contributed by atoms with E-state index in [2.05, 4.69) is 0 Å². The molecule has 2 aromatic rings. The average Bonchev–Trinajstić information content (AvgIpc) is 2.46. The summed E-state index contributed by atoms with van der Waals surface area (Å²) in [4.78, 5) is 11.1. The standard InChI is InChI=1S/C16H14F3NO/c1-10(15(20)21)11-2-4-12(5-3-11)13-6-8-14(9-7-13)16(17,18)19/h2-10H,1H3,(H2,20,21). The van der Waals surface area contributed by atoms with Crippen LogP contribution < -0.4 is 5.73 Å². The maximum atomic E-state index is 12.5. The molecular formula is C16H14F3NO. The van der Waals surface area contributed by atoms with Gasteiger partial charge in [0.05, 0.1) is 11.5 Å². The summed E-state index contributed by atoms with van der Waals surface area (Å²) in [5.74, 6) is -0.816. The van der Waals surface area contributed by atoms with E-state index < -0.39 is 23.6 Å². The summed E-state index contributed by atoms with van der Waals surface area (Å²) in [6.07, 6.45) is -4.33. The van der Waals surface area contributed by atoms with Gasteiger partial charge in [-0.15, -0.1) is 0 Å². The van der Waals surface area contributed by atoms with E-state index in [9.17, 15) is 18.0 Å². The van der Waals surface area contributed by atoms with E-state index >= 15 is 0 Å². The lowest BCUT2D eigenvalue weighted by Gasteiger charge is -2.10. The van der Waals surface area contributed by atoms with E-state index in [4.69, 9.17) is 5.73 Å². The highest BCUT2D eigenvalue weighted by Gasteiger charge is 2.29. The van der Waals surface area contributed by atoms with Crippen LogP contribution in [0, 0.1) is 0 Å². The van der Waals surface area contributed by atoms with Crippen molar-refractivity contribution in [1.29, 1.82) is 0 Å². The van der Waals surface area contributed by atoms with Gasteiger partial charge in [0.1, 0.15) is 0 Å². The molecule has 0 aromatic heterocycles. The van der Waals surface area contributed by atoms with Crippen LogP contribution in [0.5, 0.6) is 0 Å². The number of amides is 1. The van der Waals surface area contributed by atoms with E-state index in [-0.39, 0.29) is 0 Å². The predicted octanol–water partition coefficient (Wildman–Crippen LogP) is 3.96. The minimum Gasteiger partial charge on any atom is -0.369 e. The van der Waals surface area contributed by atoms with Crippen molar-refractivity contribution in [3.05, 3.63) is 59.7 Å². The van der Waals surface area contributed by atoms with Crippen molar-refractivity contribution in [2.45, 2.75) is 19.0 Å². The number of nitrogens with two attached hydrogens (primary N) is 1. The van der Waals surface area contributed by atoms with Gasteiger partial charge in [0.15, 0.2) is 0 Å². The summed E-state index contributed by atoms with van der Waals surface area (Å²) in [6, 6.07) is 12.0. The first-order valence-corrected chi connectivity index (χ1v) is 6.36. The second kappa shape index (κ2) is 5.60. The van der Waals surface area contributed by atoms with Crippen LogP contribution in [0.4, 0.5) is 13.2 Å². The second-order valence-electron chi connectivity index (χ2n) is 4.82. The number of carbonyl (C=O) groups excluding carboxylic acids is 1. The van der Waals surface area contributed by atoms with E-state index in [1.165, 1.54) is 12.1 Å². The number of benzene rings is 2. The summed E-state index contributed by atoms with van der Waals surface area (Å²) >= 11 is 0. The fourth-order valence-electron chi connectivity index (χ4n) is 1.98. The van der Waals surface area contributed by atoms with E-state index in [1.54, 1.807) is 31.2 Å². The van der Waals surface area contributed by atoms with Crippen molar-refractivity contribution in [2.75, 3.05) is 0 Å². The van der Waals surface area contributed by atoms with Gasteiger partial charge in [-0.1, -0.05) is 36.4 Å². The van der Waals surface area contributed by atoms with Gasteiger partial charge in [0.25, 0.3) is 0 Å². The Morgan fingerprint density at radius 1 is 0.952 bits per heavy atom. The Labute approximate surface area is 120 Å². The van der Waals surface area contributed by atoms with Gasteiger partial charge >= 0.3 is 6.18 Å². The van der Waals surface area contributed by atoms with Crippen LogP contribution in [0.15, 0.2) is 48.5 Å². The minimum atomic E-state index is -4.33. The predicted molar refractivity (Wildman–Crippen MR) is 74.5 cm³/mol. The highest BCUT2D eigenvalue weighted by atomic mass is 19.4. The molecule has 1 amide bonds. The molecule has 0 spiro atoms. The van der Waals surface area contributed by atoms with Gasteiger partial charge in [-0.05, 0) is 35.7 Å². The fourth-order valence-corrected chi connectivity index (χ4v) is 1.98. The molecule has 0 aliphatic carbocycles. The molecule has 2 aromatic carbocycles. The fraction of sp³-hybridized carbons (Fsp3) is 0.188. The van der Waals surface area contributed by atoms with Crippen LogP contribution in [-0.4, -0.2) is 5.91 Å². The number of alkyl halides is 3. The van der Waals surface area contributed by atoms with Gasteiger partial charge in [-0.3, -0.25) is 4.79 Å². The van der Waals surface area contributed by atoms with Crippen LogP contribution >= 0.6 is 0 Å². The summed E-state index contributed by atoms with van der Waals surface area (Å²) in [6.45, 7) is 1.70. The normalized spacial score (nSPS) is 13.0. The van der Waals surface area contributed by atoms with Crippen molar-refractivity contribution in [1.82, 2.24) is 0 Å². The molecule has 2 N–H and O–H groups in total. The van der Waals surface area contributed by atoms with Crippen LogP contribution in [0.25, 0.3) is 11.1 Å². The third-order valence-corrected chi connectivity index (χ3v) is 3.38. The molecule has 110 valence electrons. The molecule has 0 radical (unpaired) electrons. The monoisotopic (exact) mass is 293 g/mol. The van der Waals surface area contributed by atoms with Crippen molar-refractivity contribution in [3.8, 4) is 11.1 Å². The average molecular weight is 293 g/mol. The third-order valence-electron chi connectivity index (χ3n) is 3.38. The van der Waals surface area contributed by atoms with Crippen molar-refractivity contribution < 1.29 is 18.0 Å². The SMILES string of the molecule is CC(C(N)=O)c1ccc(-c2ccc(C(F)(F)F)cc2)cc1. The zero-order valence-corrected chi connectivity index (χ0v) is 11.3. The Balaban J connectivity index is 2.25. The molecule has 0 saturated heterocycles. The van der Waals surface area contributed by atoms with E-state index in [0.29, 0.717) is 5.56 Å². The Hall–Kier alpha value is -2.30. The first-order valence-electron chi connectivity index (χ1n) is 6.36. The zero-order valence-electron chi connectivity index (χ0n) is 11.3. The molecular weight excluding hydrogens is 279 g/mol. The maximum Gasteiger partial charge on any atom is 0.416 e. The van der Waals surface area contributed by atoms with Crippen molar-refractivity contribution in [3.63, 3.8) is 0 Å². The smallest absolute Gasteiger partial charge is 0.369 e. The zero-order chi connectivity index (χ0) is 15.6. The van der Waals surface area contributed by atoms with Gasteiger partial charge in [0.2, 0.25) is 5.91 Å². The molecule has 0 aliphatic heterocycles. The quantitative estimate of drug-likeness (QED) is 0.914. The Morgan fingerprint density at radius 2 is 1.38 bits per heavy atom. The summed E-state index contributed by atoms with van der Waals surface area (Å²) < 4.78 is 37.5. The molecule has 0 heterocycles. The highest BCUT2D eigenvalue weighted by molar-refractivity contribution is 5.81. The van der Waals surface area contributed by atoms with E-state index in [1.807, 2.05) is 0 Å². The summed E-state index contributed by atoms with van der Waals surface area (Å²) in [5.41, 5.74) is 6.79. The number of carbonyl (C=O) groups is 1. The van der Waals surface area contributed by atoms with Crippen molar-refractivity contribution in [2.24, 2.45) is 5.73 Å². The highest BCUT2D eigenvalue weighted by Crippen LogP contribution is 2.31. The number of halogens is 3. The molecule has 2 rings (SSSR count). The van der Waals surface area contributed by atoms with Gasteiger partial charge in [-0.2, -0.15) is 13.2 Å². The molecule has 0 bridgehead atoms. The maximum absolute atomic E-state index is 12.5. The minimum absolute atomic E-state index is 0.397. The molecule has 21 heavy (non-hydrogen) atoms. The number of primary amides is 1. The molecule has 0 aliphatic rings. The molecule has 2 nitrogen and oxygen atoms in total. The lowest BCUT2D eigenvalue weighted by Crippen LogP contribution is -2.18. The Bertz CT molecular complexity index is 630. The lowest BCUT2D eigenvalue weighted by molar-refractivity contribution is -0.137. The number of hydrogen-bond acceptors (Lipinski definition) is 1. The van der Waals surface area contributed by atoms with Gasteiger partial charge in [0, 0.05) is 0 Å². The topological polar surface area (TPSA) is 43.1 Å². The number of hydrogen-bond donors (Lipinski definition) is 1. The van der Waals surface area contributed by atoms with Crippen LogP contribution in [0.3, 0.4) is 0 Å². The Morgan fingerprint density at radius 3 is 1.76 bits per heavy atom. The Kier molecular flexibility index (Phi) is 4.02. The molecule has 1 unspecified atom stereocenters.